The van der Waals surface area contributed by atoms with E-state index < -0.39 is 0 Å². The molecule has 0 atom stereocenters. The Hall–Kier alpha value is -2.21. The lowest BCUT2D eigenvalue weighted by Crippen LogP contribution is -2.23. The highest BCUT2D eigenvalue weighted by atomic mass is 35.5. The second-order valence-electron chi connectivity index (χ2n) is 5.70. The minimum absolute atomic E-state index is 0.224. The highest BCUT2D eigenvalue weighted by Gasteiger charge is 2.20. The number of carbonyl (C=O) groups excluding carboxylic acids is 1. The fourth-order valence-corrected chi connectivity index (χ4v) is 2.93. The summed E-state index contributed by atoms with van der Waals surface area (Å²) in [4.78, 5) is 12.5. The molecule has 0 fully saturated rings. The maximum Gasteiger partial charge on any atom is 0.256 e. The molecule has 0 aliphatic carbocycles. The van der Waals surface area contributed by atoms with Gasteiger partial charge >= 0.3 is 0 Å². The zero-order chi connectivity index (χ0) is 17.1. The standard InChI is InChI=1S/C17H20ClN3O3/c1-3-4-7-21-16(18)15(11(2)20-21)17(22)19-9-12-5-6-13-14(8-12)24-10-23-13/h5-6,8H,3-4,7,9-10H2,1-2H3,(H,19,22). The van der Waals surface area contributed by atoms with Gasteiger partial charge in [0, 0.05) is 13.1 Å². The van der Waals surface area contributed by atoms with Crippen molar-refractivity contribution < 1.29 is 14.3 Å². The van der Waals surface area contributed by atoms with Crippen molar-refractivity contribution in [2.45, 2.75) is 39.8 Å². The van der Waals surface area contributed by atoms with Crippen LogP contribution >= 0.6 is 11.6 Å². The molecule has 7 heteroatoms. The Morgan fingerprint density at radius 1 is 1.38 bits per heavy atom. The molecule has 24 heavy (non-hydrogen) atoms. The summed E-state index contributed by atoms with van der Waals surface area (Å²) < 4.78 is 12.3. The van der Waals surface area contributed by atoms with E-state index in [9.17, 15) is 4.79 Å². The SMILES string of the molecule is CCCCn1nc(C)c(C(=O)NCc2ccc3c(c2)OCO3)c1Cl. The molecule has 1 amide bonds. The number of rotatable bonds is 6. The third-order valence-electron chi connectivity index (χ3n) is 3.91. The maximum atomic E-state index is 12.5. The highest BCUT2D eigenvalue weighted by Crippen LogP contribution is 2.32. The van der Waals surface area contributed by atoms with Crippen LogP contribution in [0.4, 0.5) is 0 Å². The first-order chi connectivity index (χ1) is 11.6. The number of carbonyl (C=O) groups is 1. The quantitative estimate of drug-likeness (QED) is 0.869. The van der Waals surface area contributed by atoms with Gasteiger partial charge in [-0.05, 0) is 31.0 Å². The second-order valence-corrected chi connectivity index (χ2v) is 6.06. The van der Waals surface area contributed by atoms with Gasteiger partial charge in [0.05, 0.1) is 11.3 Å². The zero-order valence-corrected chi connectivity index (χ0v) is 14.5. The molecule has 1 aliphatic heterocycles. The van der Waals surface area contributed by atoms with Crippen LogP contribution in [0.1, 0.15) is 41.4 Å². The predicted molar refractivity (Wildman–Crippen MR) is 90.6 cm³/mol. The second kappa shape index (κ2) is 7.13. The number of unbranched alkanes of at least 4 members (excludes halogenated alkanes) is 1. The molecule has 0 saturated heterocycles. The number of fused-ring (bicyclic) bond motifs is 1. The van der Waals surface area contributed by atoms with Crippen LogP contribution in [0.15, 0.2) is 18.2 Å². The number of amides is 1. The van der Waals surface area contributed by atoms with Crippen molar-refractivity contribution in [1.82, 2.24) is 15.1 Å². The normalized spacial score (nSPS) is 12.5. The first-order valence-corrected chi connectivity index (χ1v) is 8.37. The van der Waals surface area contributed by atoms with Crippen molar-refractivity contribution in [3.05, 3.63) is 40.2 Å². The molecule has 1 aromatic heterocycles. The van der Waals surface area contributed by atoms with E-state index in [1.54, 1.807) is 11.6 Å². The Bertz CT molecular complexity index is 758. The fourth-order valence-electron chi connectivity index (χ4n) is 2.59. The molecular formula is C17H20ClN3O3. The molecule has 0 saturated carbocycles. The Balaban J connectivity index is 1.68. The average Bonchev–Trinajstić information content (AvgIpc) is 3.14. The van der Waals surface area contributed by atoms with Gasteiger partial charge in [0.15, 0.2) is 11.5 Å². The number of benzene rings is 1. The smallest absolute Gasteiger partial charge is 0.256 e. The molecule has 0 spiro atoms. The van der Waals surface area contributed by atoms with E-state index in [1.165, 1.54) is 0 Å². The fraction of sp³-hybridized carbons (Fsp3) is 0.412. The minimum atomic E-state index is -0.224. The predicted octanol–water partition coefficient (Wildman–Crippen LogP) is 3.30. The molecule has 0 bridgehead atoms. The van der Waals surface area contributed by atoms with Crippen LogP contribution in [0.2, 0.25) is 5.15 Å². The van der Waals surface area contributed by atoms with Crippen molar-refractivity contribution in [1.29, 1.82) is 0 Å². The van der Waals surface area contributed by atoms with Crippen molar-refractivity contribution >= 4 is 17.5 Å². The van der Waals surface area contributed by atoms with Crippen molar-refractivity contribution in [2.75, 3.05) is 6.79 Å². The van der Waals surface area contributed by atoms with E-state index in [4.69, 9.17) is 21.1 Å². The van der Waals surface area contributed by atoms with E-state index in [1.807, 2.05) is 18.2 Å². The Morgan fingerprint density at radius 2 is 2.17 bits per heavy atom. The van der Waals surface area contributed by atoms with Crippen LogP contribution < -0.4 is 14.8 Å². The molecule has 0 unspecified atom stereocenters. The Labute approximate surface area is 145 Å². The van der Waals surface area contributed by atoms with Crippen LogP contribution in [0.3, 0.4) is 0 Å². The summed E-state index contributed by atoms with van der Waals surface area (Å²) in [7, 11) is 0. The molecule has 1 N–H and O–H groups in total. The number of aromatic nitrogens is 2. The molecule has 1 aromatic carbocycles. The molecule has 0 radical (unpaired) electrons. The van der Waals surface area contributed by atoms with Gasteiger partial charge in [-0.3, -0.25) is 9.48 Å². The molecule has 2 aromatic rings. The van der Waals surface area contributed by atoms with Crippen LogP contribution in [0, 0.1) is 6.92 Å². The van der Waals surface area contributed by atoms with Crippen molar-refractivity contribution in [3.8, 4) is 11.5 Å². The topological polar surface area (TPSA) is 65.4 Å². The van der Waals surface area contributed by atoms with Crippen LogP contribution in [-0.4, -0.2) is 22.5 Å². The Kier molecular flexibility index (Phi) is 4.94. The number of nitrogens with one attached hydrogen (secondary N) is 1. The monoisotopic (exact) mass is 349 g/mol. The van der Waals surface area contributed by atoms with Gasteiger partial charge < -0.3 is 14.8 Å². The average molecular weight is 350 g/mol. The van der Waals surface area contributed by atoms with Gasteiger partial charge in [0.25, 0.3) is 5.91 Å². The molecule has 2 heterocycles. The highest BCUT2D eigenvalue weighted by molar-refractivity contribution is 6.33. The van der Waals surface area contributed by atoms with Gasteiger partial charge in [-0.25, -0.2) is 0 Å². The molecule has 3 rings (SSSR count). The van der Waals surface area contributed by atoms with E-state index in [0.717, 1.165) is 24.2 Å². The number of hydrogen-bond acceptors (Lipinski definition) is 4. The van der Waals surface area contributed by atoms with Gasteiger partial charge in [-0.15, -0.1) is 0 Å². The van der Waals surface area contributed by atoms with Crippen LogP contribution in [0.25, 0.3) is 0 Å². The zero-order valence-electron chi connectivity index (χ0n) is 13.8. The number of aryl methyl sites for hydroxylation is 2. The van der Waals surface area contributed by atoms with E-state index >= 15 is 0 Å². The summed E-state index contributed by atoms with van der Waals surface area (Å²) in [6.45, 7) is 5.22. The summed E-state index contributed by atoms with van der Waals surface area (Å²) >= 11 is 6.32. The molecular weight excluding hydrogens is 330 g/mol. The maximum absolute atomic E-state index is 12.5. The lowest BCUT2D eigenvalue weighted by Gasteiger charge is -2.06. The first-order valence-electron chi connectivity index (χ1n) is 7.99. The van der Waals surface area contributed by atoms with E-state index in [0.29, 0.717) is 35.2 Å². The van der Waals surface area contributed by atoms with Gasteiger partial charge in [0.2, 0.25) is 6.79 Å². The van der Waals surface area contributed by atoms with Crippen molar-refractivity contribution in [3.63, 3.8) is 0 Å². The first kappa shape index (κ1) is 16.6. The number of ether oxygens (including phenoxy) is 2. The van der Waals surface area contributed by atoms with Crippen molar-refractivity contribution in [2.24, 2.45) is 0 Å². The third kappa shape index (κ3) is 3.33. The van der Waals surface area contributed by atoms with E-state index in [-0.39, 0.29) is 12.7 Å². The molecule has 6 nitrogen and oxygen atoms in total. The summed E-state index contributed by atoms with van der Waals surface area (Å²) in [5.74, 6) is 1.20. The molecule has 128 valence electrons. The van der Waals surface area contributed by atoms with Crippen LogP contribution in [-0.2, 0) is 13.1 Å². The minimum Gasteiger partial charge on any atom is -0.454 e. The third-order valence-corrected chi connectivity index (χ3v) is 4.29. The lowest BCUT2D eigenvalue weighted by molar-refractivity contribution is 0.0950. The summed E-state index contributed by atoms with van der Waals surface area (Å²) in [6, 6.07) is 5.60. The summed E-state index contributed by atoms with van der Waals surface area (Å²) in [5, 5.41) is 7.64. The number of hydrogen-bond donors (Lipinski definition) is 1. The lowest BCUT2D eigenvalue weighted by atomic mass is 10.2. The van der Waals surface area contributed by atoms with Gasteiger partial charge in [-0.1, -0.05) is 31.0 Å². The van der Waals surface area contributed by atoms with E-state index in [2.05, 4.69) is 17.3 Å². The summed E-state index contributed by atoms with van der Waals surface area (Å²) in [6.07, 6.45) is 2.01. The summed E-state index contributed by atoms with van der Waals surface area (Å²) in [5.41, 5.74) is 2.01. The van der Waals surface area contributed by atoms with Crippen LogP contribution in [0.5, 0.6) is 11.5 Å². The van der Waals surface area contributed by atoms with Gasteiger partial charge in [0.1, 0.15) is 5.15 Å². The number of nitrogens with zero attached hydrogens (tertiary/aromatic N) is 2. The Morgan fingerprint density at radius 3 is 2.96 bits per heavy atom. The largest absolute Gasteiger partial charge is 0.454 e. The number of halogens is 1. The molecule has 1 aliphatic rings. The van der Waals surface area contributed by atoms with Gasteiger partial charge in [-0.2, -0.15) is 5.10 Å².